The number of phosphoric ester groups is 1. The predicted molar refractivity (Wildman–Crippen MR) is 265 cm³/mol. The number of carbonyl (C=O) groups excluding carboxylic acids is 2. The average Bonchev–Trinajstić information content (AvgIpc) is 3.27. The topological polar surface area (TPSA) is 134 Å². The third-order valence-electron chi connectivity index (χ3n) is 10.3. The maximum absolute atomic E-state index is 12.6. The van der Waals surface area contributed by atoms with Gasteiger partial charge in [0, 0.05) is 19.4 Å². The first-order valence-corrected chi connectivity index (χ1v) is 26.6. The molecule has 0 aliphatic rings. The second kappa shape index (κ2) is 48.6. The van der Waals surface area contributed by atoms with Crippen molar-refractivity contribution in [3.63, 3.8) is 0 Å². The minimum absolute atomic E-state index is 0.0442. The van der Waals surface area contributed by atoms with Crippen LogP contribution in [0.25, 0.3) is 0 Å². The largest absolute Gasteiger partial charge is 0.472 e. The number of ether oxygens (including phenoxy) is 2. The van der Waals surface area contributed by atoms with Gasteiger partial charge in [-0.2, -0.15) is 0 Å². The van der Waals surface area contributed by atoms with E-state index >= 15 is 0 Å². The molecule has 0 radical (unpaired) electrons. The lowest BCUT2D eigenvalue weighted by Crippen LogP contribution is -2.29. The van der Waals surface area contributed by atoms with Gasteiger partial charge in [-0.15, -0.1) is 0 Å². The summed E-state index contributed by atoms with van der Waals surface area (Å²) in [5.41, 5.74) is 5.36. The van der Waals surface area contributed by atoms with Gasteiger partial charge in [0.1, 0.15) is 6.61 Å². The van der Waals surface area contributed by atoms with Gasteiger partial charge in [0.2, 0.25) is 0 Å². The summed E-state index contributed by atoms with van der Waals surface area (Å²) in [5, 5.41) is 0. The Bertz CT molecular complexity index is 1300. The number of esters is 2. The number of nitrogens with two attached hydrogens (primary N) is 1. The molecule has 0 aromatic carbocycles. The van der Waals surface area contributed by atoms with Gasteiger partial charge in [0.25, 0.3) is 0 Å². The van der Waals surface area contributed by atoms with Crippen molar-refractivity contribution >= 4 is 19.8 Å². The molecule has 63 heavy (non-hydrogen) atoms. The molecule has 0 aliphatic carbocycles. The zero-order valence-electron chi connectivity index (χ0n) is 40.0. The maximum atomic E-state index is 12.6. The standard InChI is InChI=1S/C53H92NO8P/c1-3-5-7-9-11-13-15-17-19-21-22-23-24-25-26-27-28-30-31-33-35-37-39-41-43-45-52(55)59-49-51(50-61-63(57,58)60-48-47-54)62-53(56)46-44-42-40-38-36-34-32-29-20-18-16-14-12-10-8-6-4-2/h6,8,12,14-15,17-18,20-22,24-25,32,34,51H,3-5,7,9-11,13,16,19,23,26-31,33,35-50,54H2,1-2H3,(H,57,58)/b8-6-,14-12-,17-15-,20-18-,22-21-,25-24-,34-32-. The Labute approximate surface area is 385 Å². The molecule has 0 heterocycles. The van der Waals surface area contributed by atoms with Crippen molar-refractivity contribution in [3.8, 4) is 0 Å². The van der Waals surface area contributed by atoms with Crippen LogP contribution < -0.4 is 5.73 Å². The fourth-order valence-corrected chi connectivity index (χ4v) is 7.34. The van der Waals surface area contributed by atoms with Crippen LogP contribution in [0.3, 0.4) is 0 Å². The summed E-state index contributed by atoms with van der Waals surface area (Å²) in [5.74, 6) is -0.864. The van der Waals surface area contributed by atoms with E-state index in [1.54, 1.807) is 0 Å². The lowest BCUT2D eigenvalue weighted by Gasteiger charge is -2.19. The number of unbranched alkanes of at least 4 members (excludes halogenated alkanes) is 19. The highest BCUT2D eigenvalue weighted by molar-refractivity contribution is 7.47. The lowest BCUT2D eigenvalue weighted by molar-refractivity contribution is -0.161. The number of carbonyl (C=O) groups is 2. The monoisotopic (exact) mass is 902 g/mol. The number of hydrogen-bond acceptors (Lipinski definition) is 8. The molecular weight excluding hydrogens is 810 g/mol. The summed E-state index contributed by atoms with van der Waals surface area (Å²) in [6, 6.07) is 0. The zero-order chi connectivity index (χ0) is 46.0. The van der Waals surface area contributed by atoms with E-state index in [0.717, 1.165) is 96.3 Å². The van der Waals surface area contributed by atoms with Crippen molar-refractivity contribution in [2.45, 2.75) is 213 Å². The summed E-state index contributed by atoms with van der Waals surface area (Å²) >= 11 is 0. The van der Waals surface area contributed by atoms with E-state index in [1.807, 2.05) is 0 Å². The van der Waals surface area contributed by atoms with Crippen LogP contribution in [0.15, 0.2) is 85.1 Å². The maximum Gasteiger partial charge on any atom is 0.472 e. The molecule has 0 fully saturated rings. The van der Waals surface area contributed by atoms with E-state index in [1.165, 1.54) is 77.0 Å². The van der Waals surface area contributed by atoms with Gasteiger partial charge in [-0.1, -0.05) is 189 Å². The van der Waals surface area contributed by atoms with Crippen LogP contribution >= 0.6 is 7.82 Å². The summed E-state index contributed by atoms with van der Waals surface area (Å²) < 4.78 is 32.9. The Morgan fingerprint density at radius 2 is 0.873 bits per heavy atom. The second-order valence-corrected chi connectivity index (χ2v) is 17.8. The first-order chi connectivity index (χ1) is 30.8. The Morgan fingerprint density at radius 3 is 1.30 bits per heavy atom. The average molecular weight is 902 g/mol. The molecule has 0 amide bonds. The summed E-state index contributed by atoms with van der Waals surface area (Å²) in [6.07, 6.45) is 61.9. The predicted octanol–water partition coefficient (Wildman–Crippen LogP) is 15.2. The van der Waals surface area contributed by atoms with Crippen molar-refractivity contribution in [3.05, 3.63) is 85.1 Å². The molecule has 2 atom stereocenters. The van der Waals surface area contributed by atoms with Crippen molar-refractivity contribution in [1.82, 2.24) is 0 Å². The van der Waals surface area contributed by atoms with Crippen molar-refractivity contribution in [2.75, 3.05) is 26.4 Å². The number of allylic oxidation sites excluding steroid dienone is 14. The molecule has 0 aliphatic heterocycles. The summed E-state index contributed by atoms with van der Waals surface area (Å²) in [6.45, 7) is 3.57. The normalized spacial score (nSPS) is 13.9. The Kier molecular flexibility index (Phi) is 46.5. The minimum atomic E-state index is -4.39. The van der Waals surface area contributed by atoms with Crippen LogP contribution in [0, 0.1) is 0 Å². The van der Waals surface area contributed by atoms with E-state index in [2.05, 4.69) is 98.9 Å². The summed E-state index contributed by atoms with van der Waals surface area (Å²) in [7, 11) is -4.39. The van der Waals surface area contributed by atoms with Gasteiger partial charge in [0.05, 0.1) is 13.2 Å². The highest BCUT2D eigenvalue weighted by Crippen LogP contribution is 2.43. The highest BCUT2D eigenvalue weighted by atomic mass is 31.2. The highest BCUT2D eigenvalue weighted by Gasteiger charge is 2.26. The minimum Gasteiger partial charge on any atom is -0.462 e. The molecule has 0 aromatic rings. The zero-order valence-corrected chi connectivity index (χ0v) is 40.9. The molecule has 0 saturated carbocycles. The Morgan fingerprint density at radius 1 is 0.492 bits per heavy atom. The quantitative estimate of drug-likeness (QED) is 0.0265. The van der Waals surface area contributed by atoms with Gasteiger partial charge in [-0.05, 0) is 89.9 Å². The van der Waals surface area contributed by atoms with Crippen LogP contribution in [-0.2, 0) is 32.7 Å². The fraction of sp³-hybridized carbons (Fsp3) is 0.698. The molecule has 0 spiro atoms. The van der Waals surface area contributed by atoms with E-state index < -0.39 is 32.5 Å². The van der Waals surface area contributed by atoms with E-state index in [-0.39, 0.29) is 32.6 Å². The van der Waals surface area contributed by atoms with Crippen molar-refractivity contribution < 1.29 is 37.6 Å². The van der Waals surface area contributed by atoms with E-state index in [0.29, 0.717) is 6.42 Å². The first kappa shape index (κ1) is 60.2. The molecule has 0 rings (SSSR count). The molecular formula is C53H92NO8P. The number of rotatable bonds is 46. The molecule has 0 aromatic heterocycles. The van der Waals surface area contributed by atoms with Crippen LogP contribution in [0.2, 0.25) is 0 Å². The van der Waals surface area contributed by atoms with Gasteiger partial charge in [0.15, 0.2) is 6.10 Å². The second-order valence-electron chi connectivity index (χ2n) is 16.3. The van der Waals surface area contributed by atoms with Gasteiger partial charge < -0.3 is 20.1 Å². The first-order valence-electron chi connectivity index (χ1n) is 25.1. The lowest BCUT2D eigenvalue weighted by atomic mass is 10.1. The molecule has 2 unspecified atom stereocenters. The number of phosphoric acid groups is 1. The smallest absolute Gasteiger partial charge is 0.462 e. The van der Waals surface area contributed by atoms with Gasteiger partial charge in [-0.25, -0.2) is 4.57 Å². The third kappa shape index (κ3) is 48.5. The molecule has 0 saturated heterocycles. The Hall–Kier alpha value is -2.81. The molecule has 3 N–H and O–H groups in total. The van der Waals surface area contributed by atoms with Gasteiger partial charge in [-0.3, -0.25) is 18.6 Å². The van der Waals surface area contributed by atoms with Crippen LogP contribution in [0.5, 0.6) is 0 Å². The Balaban J connectivity index is 4.09. The third-order valence-corrected chi connectivity index (χ3v) is 11.2. The van der Waals surface area contributed by atoms with Gasteiger partial charge >= 0.3 is 19.8 Å². The molecule has 9 nitrogen and oxygen atoms in total. The van der Waals surface area contributed by atoms with Crippen LogP contribution in [0.4, 0.5) is 0 Å². The molecule has 0 bridgehead atoms. The fourth-order valence-electron chi connectivity index (χ4n) is 6.57. The number of hydrogen-bond donors (Lipinski definition) is 2. The van der Waals surface area contributed by atoms with Crippen molar-refractivity contribution in [2.24, 2.45) is 5.73 Å². The van der Waals surface area contributed by atoms with E-state index in [4.69, 9.17) is 24.3 Å². The molecule has 362 valence electrons. The van der Waals surface area contributed by atoms with Crippen LogP contribution in [-0.4, -0.2) is 49.3 Å². The SMILES string of the molecule is CC/C=C\C/C=C\C/C=C\C/C=C\CCCCCCC(=O)OC(COC(=O)CCCCCCCCCCCC/C=C\C/C=C\C/C=C\CCCCCCC)COP(=O)(O)OCCN. The van der Waals surface area contributed by atoms with Crippen LogP contribution in [0.1, 0.15) is 206 Å². The van der Waals surface area contributed by atoms with E-state index in [9.17, 15) is 19.0 Å². The molecule has 10 heteroatoms. The van der Waals surface area contributed by atoms with Crippen molar-refractivity contribution in [1.29, 1.82) is 0 Å². The summed E-state index contributed by atoms with van der Waals surface area (Å²) in [4.78, 5) is 35.0.